The van der Waals surface area contributed by atoms with Gasteiger partial charge in [-0.3, -0.25) is 9.36 Å². The van der Waals surface area contributed by atoms with Crippen molar-refractivity contribution in [3.05, 3.63) is 64.3 Å². The molecule has 0 saturated carbocycles. The highest BCUT2D eigenvalue weighted by atomic mass is 35.5. The monoisotopic (exact) mass is 331 g/mol. The first-order chi connectivity index (χ1) is 11.1. The average molecular weight is 332 g/mol. The summed E-state index contributed by atoms with van der Waals surface area (Å²) in [4.78, 5) is 20.4. The predicted octanol–water partition coefficient (Wildman–Crippen LogP) is 1.88. The van der Waals surface area contributed by atoms with E-state index in [0.717, 1.165) is 0 Å². The Balaban J connectivity index is 1.68. The first-order valence-corrected chi connectivity index (χ1v) is 7.38. The number of aromatic nitrogens is 3. The van der Waals surface area contributed by atoms with Crippen LogP contribution in [0, 0.1) is 0 Å². The first kappa shape index (κ1) is 15.5. The van der Waals surface area contributed by atoms with Crippen molar-refractivity contribution in [2.75, 3.05) is 6.61 Å². The van der Waals surface area contributed by atoms with Gasteiger partial charge in [-0.15, -0.1) is 0 Å². The maximum Gasteiger partial charge on any atom is 0.262 e. The quantitative estimate of drug-likeness (QED) is 0.772. The molecule has 0 aliphatic carbocycles. The number of pyridine rings is 1. The van der Waals surface area contributed by atoms with E-state index in [4.69, 9.17) is 16.3 Å². The van der Waals surface area contributed by atoms with Crippen molar-refractivity contribution in [2.24, 2.45) is 0 Å². The predicted molar refractivity (Wildman–Crippen MR) is 86.8 cm³/mol. The molecule has 23 heavy (non-hydrogen) atoms. The summed E-state index contributed by atoms with van der Waals surface area (Å²) >= 11 is 5.79. The van der Waals surface area contributed by atoms with Crippen molar-refractivity contribution >= 4 is 22.6 Å². The van der Waals surface area contributed by atoms with Crippen LogP contribution < -0.4 is 10.3 Å². The van der Waals surface area contributed by atoms with E-state index in [2.05, 4.69) is 9.97 Å². The van der Waals surface area contributed by atoms with Gasteiger partial charge in [0.05, 0.1) is 11.9 Å². The Hall–Kier alpha value is -2.44. The van der Waals surface area contributed by atoms with Gasteiger partial charge in [-0.2, -0.15) is 0 Å². The van der Waals surface area contributed by atoms with Gasteiger partial charge in [0.15, 0.2) is 5.65 Å². The third-order valence-electron chi connectivity index (χ3n) is 3.26. The van der Waals surface area contributed by atoms with Crippen LogP contribution in [-0.4, -0.2) is 32.4 Å². The number of aliphatic hydroxyl groups excluding tert-OH is 1. The lowest BCUT2D eigenvalue weighted by Crippen LogP contribution is -2.30. The minimum atomic E-state index is -0.848. The minimum absolute atomic E-state index is 0.0547. The molecule has 0 fully saturated rings. The van der Waals surface area contributed by atoms with Crippen LogP contribution in [0.2, 0.25) is 5.02 Å². The van der Waals surface area contributed by atoms with Gasteiger partial charge >= 0.3 is 0 Å². The Morgan fingerprint density at radius 2 is 2.00 bits per heavy atom. The van der Waals surface area contributed by atoms with Gasteiger partial charge in [0.2, 0.25) is 0 Å². The van der Waals surface area contributed by atoms with E-state index in [0.29, 0.717) is 21.8 Å². The van der Waals surface area contributed by atoms with E-state index in [1.54, 1.807) is 42.6 Å². The van der Waals surface area contributed by atoms with Crippen molar-refractivity contribution in [3.63, 3.8) is 0 Å². The molecule has 0 aliphatic heterocycles. The summed E-state index contributed by atoms with van der Waals surface area (Å²) in [6.45, 7) is 0.142. The highest BCUT2D eigenvalue weighted by molar-refractivity contribution is 6.30. The van der Waals surface area contributed by atoms with E-state index >= 15 is 0 Å². The van der Waals surface area contributed by atoms with E-state index in [1.807, 2.05) is 0 Å². The number of benzene rings is 1. The summed E-state index contributed by atoms with van der Waals surface area (Å²) in [7, 11) is 0. The number of nitrogens with zero attached hydrogens (tertiary/aromatic N) is 3. The molecule has 0 amide bonds. The van der Waals surface area contributed by atoms with Crippen LogP contribution in [0.3, 0.4) is 0 Å². The molecule has 2 aromatic heterocycles. The summed E-state index contributed by atoms with van der Waals surface area (Å²) in [5, 5.41) is 11.1. The largest absolute Gasteiger partial charge is 0.491 e. The number of rotatable bonds is 5. The second-order valence-electron chi connectivity index (χ2n) is 5.00. The van der Waals surface area contributed by atoms with Crippen LogP contribution in [0.15, 0.2) is 53.7 Å². The molecular formula is C16H14ClN3O3. The molecule has 0 spiro atoms. The van der Waals surface area contributed by atoms with Crippen LogP contribution in [-0.2, 0) is 6.54 Å². The molecule has 0 radical (unpaired) electrons. The highest BCUT2D eigenvalue weighted by Crippen LogP contribution is 2.15. The molecule has 1 N–H and O–H groups in total. The second-order valence-corrected chi connectivity index (χ2v) is 5.43. The first-order valence-electron chi connectivity index (χ1n) is 7.00. The zero-order valence-corrected chi connectivity index (χ0v) is 12.8. The maximum absolute atomic E-state index is 12.3. The Morgan fingerprint density at radius 3 is 2.78 bits per heavy atom. The van der Waals surface area contributed by atoms with E-state index in [1.165, 1.54) is 10.9 Å². The van der Waals surface area contributed by atoms with Crippen molar-refractivity contribution in [1.82, 2.24) is 14.5 Å². The number of hydrogen-bond donors (Lipinski definition) is 1. The molecule has 1 atom stereocenters. The fourth-order valence-electron chi connectivity index (χ4n) is 2.13. The molecule has 3 rings (SSSR count). The molecule has 0 saturated heterocycles. The van der Waals surface area contributed by atoms with Gasteiger partial charge in [-0.1, -0.05) is 11.6 Å². The number of fused-ring (bicyclic) bond motifs is 1. The highest BCUT2D eigenvalue weighted by Gasteiger charge is 2.10. The van der Waals surface area contributed by atoms with Gasteiger partial charge in [0, 0.05) is 11.2 Å². The fraction of sp³-hybridized carbons (Fsp3) is 0.188. The number of ether oxygens (including phenoxy) is 1. The summed E-state index contributed by atoms with van der Waals surface area (Å²) in [6.07, 6.45) is 2.11. The Labute approximate surface area is 137 Å². The van der Waals surface area contributed by atoms with Crippen LogP contribution in [0.25, 0.3) is 11.0 Å². The molecular weight excluding hydrogens is 318 g/mol. The molecule has 7 heteroatoms. The summed E-state index contributed by atoms with van der Waals surface area (Å²) in [6, 6.07) is 10.2. The van der Waals surface area contributed by atoms with Crippen molar-refractivity contribution in [1.29, 1.82) is 0 Å². The number of halogens is 1. The third kappa shape index (κ3) is 3.67. The van der Waals surface area contributed by atoms with Gasteiger partial charge < -0.3 is 9.84 Å². The Kier molecular flexibility index (Phi) is 4.55. The molecule has 0 unspecified atom stereocenters. The SMILES string of the molecule is O=c1c2cccnc2ncn1C[C@@H](O)COc1ccc(Cl)cc1. The van der Waals surface area contributed by atoms with Gasteiger partial charge in [-0.25, -0.2) is 9.97 Å². The van der Waals surface area contributed by atoms with Crippen LogP contribution >= 0.6 is 11.6 Å². The van der Waals surface area contributed by atoms with Gasteiger partial charge in [0.1, 0.15) is 24.8 Å². The number of hydrogen-bond acceptors (Lipinski definition) is 5. The van der Waals surface area contributed by atoms with Crippen molar-refractivity contribution in [3.8, 4) is 5.75 Å². The summed E-state index contributed by atoms with van der Waals surface area (Å²) < 4.78 is 6.81. The molecule has 1 aromatic carbocycles. The molecule has 0 aliphatic rings. The zero-order chi connectivity index (χ0) is 16.2. The minimum Gasteiger partial charge on any atom is -0.491 e. The lowest BCUT2D eigenvalue weighted by molar-refractivity contribution is 0.0915. The van der Waals surface area contributed by atoms with Crippen LogP contribution in [0.1, 0.15) is 0 Å². The zero-order valence-electron chi connectivity index (χ0n) is 12.1. The molecule has 3 aromatic rings. The standard InChI is InChI=1S/C16H14ClN3O3/c17-11-3-5-13(6-4-11)23-9-12(21)8-20-10-19-15-14(16(20)22)2-1-7-18-15/h1-7,10,12,21H,8-9H2/t12-/m1/s1. The fourth-order valence-corrected chi connectivity index (χ4v) is 2.26. The number of aliphatic hydroxyl groups is 1. The maximum atomic E-state index is 12.3. The summed E-state index contributed by atoms with van der Waals surface area (Å²) in [5.41, 5.74) is 0.147. The lowest BCUT2D eigenvalue weighted by Gasteiger charge is -2.14. The molecule has 118 valence electrons. The molecule has 6 nitrogen and oxygen atoms in total. The van der Waals surface area contributed by atoms with Crippen molar-refractivity contribution < 1.29 is 9.84 Å². The van der Waals surface area contributed by atoms with E-state index in [9.17, 15) is 9.90 Å². The molecule has 0 bridgehead atoms. The molecule has 2 heterocycles. The summed E-state index contributed by atoms with van der Waals surface area (Å²) in [5.74, 6) is 0.599. The average Bonchev–Trinajstić information content (AvgIpc) is 2.57. The normalized spacial score (nSPS) is 12.3. The third-order valence-corrected chi connectivity index (χ3v) is 3.51. The van der Waals surface area contributed by atoms with Gasteiger partial charge in [0.25, 0.3) is 5.56 Å². The van der Waals surface area contributed by atoms with Crippen LogP contribution in [0.4, 0.5) is 0 Å². The van der Waals surface area contributed by atoms with Crippen molar-refractivity contribution in [2.45, 2.75) is 12.6 Å². The van der Waals surface area contributed by atoms with Crippen LogP contribution in [0.5, 0.6) is 5.75 Å². The Bertz CT molecular complexity index is 864. The Morgan fingerprint density at radius 1 is 1.22 bits per heavy atom. The van der Waals surface area contributed by atoms with E-state index < -0.39 is 6.10 Å². The second kappa shape index (κ2) is 6.76. The van der Waals surface area contributed by atoms with Gasteiger partial charge in [-0.05, 0) is 36.4 Å². The lowest BCUT2D eigenvalue weighted by atomic mass is 10.3. The topological polar surface area (TPSA) is 77.2 Å². The smallest absolute Gasteiger partial charge is 0.262 e. The van der Waals surface area contributed by atoms with E-state index in [-0.39, 0.29) is 18.7 Å².